The van der Waals surface area contributed by atoms with Gasteiger partial charge in [0.15, 0.2) is 5.84 Å². The van der Waals surface area contributed by atoms with Gasteiger partial charge in [0.05, 0.1) is 0 Å². The van der Waals surface area contributed by atoms with E-state index in [1.165, 1.54) is 0 Å². The third kappa shape index (κ3) is 2.93. The summed E-state index contributed by atoms with van der Waals surface area (Å²) in [5.41, 5.74) is 6.82. The van der Waals surface area contributed by atoms with E-state index in [1.807, 2.05) is 15.9 Å². The SMILES string of the molecule is Cl.NC1CCC2CN(C(=O)C3CCCN3C3=NS(=O)(=O)c4ccccc43)CC12. The highest BCUT2D eigenvalue weighted by molar-refractivity contribution is 7.90. The Morgan fingerprint density at radius 1 is 1.14 bits per heavy atom. The first-order valence-corrected chi connectivity index (χ1v) is 11.1. The minimum absolute atomic E-state index is 0. The molecule has 1 aliphatic carbocycles. The zero-order valence-corrected chi connectivity index (χ0v) is 17.2. The Hall–Kier alpha value is -1.64. The Labute approximate surface area is 171 Å². The maximum Gasteiger partial charge on any atom is 0.285 e. The van der Waals surface area contributed by atoms with Crippen molar-refractivity contribution in [3.63, 3.8) is 0 Å². The van der Waals surface area contributed by atoms with E-state index >= 15 is 0 Å². The summed E-state index contributed by atoms with van der Waals surface area (Å²) in [6.45, 7) is 2.17. The molecule has 4 unspecified atom stereocenters. The van der Waals surface area contributed by atoms with Gasteiger partial charge in [0, 0.05) is 31.2 Å². The Kier molecular flexibility index (Phi) is 4.92. The van der Waals surface area contributed by atoms with Crippen LogP contribution < -0.4 is 5.73 Å². The van der Waals surface area contributed by atoms with Crippen LogP contribution in [0.1, 0.15) is 31.2 Å². The highest BCUT2D eigenvalue weighted by atomic mass is 35.5. The second-order valence-electron chi connectivity index (χ2n) is 8.15. The number of likely N-dealkylation sites (tertiary alicyclic amines) is 2. The van der Waals surface area contributed by atoms with Crippen LogP contribution in [0.4, 0.5) is 0 Å². The lowest BCUT2D eigenvalue weighted by Crippen LogP contribution is -2.47. The molecule has 1 amide bonds. The second-order valence-corrected chi connectivity index (χ2v) is 9.72. The van der Waals surface area contributed by atoms with Crippen LogP contribution in [0.5, 0.6) is 0 Å². The van der Waals surface area contributed by atoms with Crippen molar-refractivity contribution in [3.05, 3.63) is 29.8 Å². The van der Waals surface area contributed by atoms with E-state index in [9.17, 15) is 13.2 Å². The summed E-state index contributed by atoms with van der Waals surface area (Å²) in [6.07, 6.45) is 3.75. The van der Waals surface area contributed by atoms with Crippen LogP contribution in [0.3, 0.4) is 0 Å². The van der Waals surface area contributed by atoms with Crippen molar-refractivity contribution in [1.82, 2.24) is 9.80 Å². The number of benzene rings is 1. The van der Waals surface area contributed by atoms with Gasteiger partial charge in [0.25, 0.3) is 10.0 Å². The molecular weight excluding hydrogens is 400 g/mol. The van der Waals surface area contributed by atoms with Crippen molar-refractivity contribution < 1.29 is 13.2 Å². The molecule has 1 saturated carbocycles. The standard InChI is InChI=1S/C19H24N4O3S.ClH/c20-15-8-7-12-10-22(11-14(12)15)19(24)16-5-3-9-23(16)18-13-4-1-2-6-17(13)27(25,26)21-18;/h1-2,4,6,12,14-16H,3,5,7-11,20H2;1H. The molecule has 0 spiro atoms. The molecule has 1 aromatic rings. The average Bonchev–Trinajstić information content (AvgIpc) is 3.40. The monoisotopic (exact) mass is 424 g/mol. The largest absolute Gasteiger partial charge is 0.343 e. The molecule has 0 aromatic heterocycles. The number of nitrogens with two attached hydrogens (primary N) is 1. The fraction of sp³-hybridized carbons (Fsp3) is 0.579. The number of amides is 1. The molecule has 152 valence electrons. The molecule has 2 saturated heterocycles. The zero-order chi connectivity index (χ0) is 18.8. The van der Waals surface area contributed by atoms with Crippen molar-refractivity contribution in [1.29, 1.82) is 0 Å². The van der Waals surface area contributed by atoms with E-state index in [1.54, 1.807) is 18.2 Å². The predicted octanol–water partition coefficient (Wildman–Crippen LogP) is 1.22. The topological polar surface area (TPSA) is 96.1 Å². The molecule has 2 N–H and O–H groups in total. The smallest absolute Gasteiger partial charge is 0.285 e. The molecule has 4 aliphatic rings. The number of halogens is 1. The van der Waals surface area contributed by atoms with Crippen LogP contribution in [-0.2, 0) is 14.8 Å². The first-order chi connectivity index (χ1) is 13.0. The number of nitrogens with zero attached hydrogens (tertiary/aromatic N) is 3. The summed E-state index contributed by atoms with van der Waals surface area (Å²) in [5, 5.41) is 0. The van der Waals surface area contributed by atoms with Gasteiger partial charge in [-0.05, 0) is 49.7 Å². The normalized spacial score (nSPS) is 32.7. The van der Waals surface area contributed by atoms with E-state index < -0.39 is 10.0 Å². The molecule has 3 heterocycles. The molecule has 3 aliphatic heterocycles. The minimum Gasteiger partial charge on any atom is -0.343 e. The minimum atomic E-state index is -3.68. The van der Waals surface area contributed by atoms with Gasteiger partial charge in [-0.25, -0.2) is 0 Å². The number of hydrogen-bond donors (Lipinski definition) is 1. The Balaban J connectivity index is 0.00000192. The summed E-state index contributed by atoms with van der Waals surface area (Å²) in [7, 11) is -3.68. The summed E-state index contributed by atoms with van der Waals surface area (Å²) in [5.74, 6) is 1.45. The lowest BCUT2D eigenvalue weighted by molar-refractivity contribution is -0.134. The van der Waals surface area contributed by atoms with Crippen molar-refractivity contribution in [2.24, 2.45) is 22.0 Å². The predicted molar refractivity (Wildman–Crippen MR) is 108 cm³/mol. The molecule has 3 fully saturated rings. The Morgan fingerprint density at radius 2 is 1.93 bits per heavy atom. The van der Waals surface area contributed by atoms with Crippen molar-refractivity contribution in [3.8, 4) is 0 Å². The number of rotatable bonds is 1. The van der Waals surface area contributed by atoms with Gasteiger partial charge < -0.3 is 15.5 Å². The van der Waals surface area contributed by atoms with Gasteiger partial charge in [-0.3, -0.25) is 4.79 Å². The number of amidine groups is 1. The van der Waals surface area contributed by atoms with E-state index in [0.29, 0.717) is 29.8 Å². The molecule has 5 rings (SSSR count). The highest BCUT2D eigenvalue weighted by Gasteiger charge is 2.46. The summed E-state index contributed by atoms with van der Waals surface area (Å²) in [4.78, 5) is 17.4. The zero-order valence-electron chi connectivity index (χ0n) is 15.5. The highest BCUT2D eigenvalue weighted by Crippen LogP contribution is 2.38. The van der Waals surface area contributed by atoms with Crippen molar-refractivity contribution >= 4 is 34.2 Å². The van der Waals surface area contributed by atoms with Gasteiger partial charge in [-0.2, -0.15) is 8.42 Å². The van der Waals surface area contributed by atoms with Gasteiger partial charge in [0.2, 0.25) is 5.91 Å². The molecule has 28 heavy (non-hydrogen) atoms. The van der Waals surface area contributed by atoms with E-state index in [-0.39, 0.29) is 35.3 Å². The summed E-state index contributed by atoms with van der Waals surface area (Å²) in [6, 6.07) is 6.73. The number of carbonyl (C=O) groups is 1. The third-order valence-electron chi connectivity index (χ3n) is 6.65. The van der Waals surface area contributed by atoms with E-state index in [4.69, 9.17) is 5.73 Å². The van der Waals surface area contributed by atoms with Crippen LogP contribution >= 0.6 is 12.4 Å². The summed E-state index contributed by atoms with van der Waals surface area (Å²) >= 11 is 0. The average molecular weight is 425 g/mol. The van der Waals surface area contributed by atoms with Crippen LogP contribution in [0.25, 0.3) is 0 Å². The Morgan fingerprint density at radius 3 is 2.71 bits per heavy atom. The van der Waals surface area contributed by atoms with Gasteiger partial charge in [-0.1, -0.05) is 12.1 Å². The Bertz CT molecular complexity index is 935. The van der Waals surface area contributed by atoms with Crippen molar-refractivity contribution in [2.45, 2.75) is 42.7 Å². The lowest BCUT2D eigenvalue weighted by atomic mass is 9.98. The molecule has 0 bridgehead atoms. The quantitative estimate of drug-likeness (QED) is 0.731. The fourth-order valence-electron chi connectivity index (χ4n) is 5.27. The summed E-state index contributed by atoms with van der Waals surface area (Å²) < 4.78 is 28.8. The van der Waals surface area contributed by atoms with Gasteiger partial charge in [-0.15, -0.1) is 16.8 Å². The first-order valence-electron chi connectivity index (χ1n) is 9.71. The third-order valence-corrected chi connectivity index (χ3v) is 7.97. The van der Waals surface area contributed by atoms with Gasteiger partial charge >= 0.3 is 0 Å². The van der Waals surface area contributed by atoms with Crippen LogP contribution in [0.15, 0.2) is 33.6 Å². The van der Waals surface area contributed by atoms with Crippen LogP contribution in [0, 0.1) is 11.8 Å². The molecule has 9 heteroatoms. The number of hydrogen-bond acceptors (Lipinski definition) is 5. The number of fused-ring (bicyclic) bond motifs is 2. The molecule has 4 atom stereocenters. The number of carbonyl (C=O) groups excluding carboxylic acids is 1. The maximum absolute atomic E-state index is 13.3. The molecule has 0 radical (unpaired) electrons. The molecule has 7 nitrogen and oxygen atoms in total. The van der Waals surface area contributed by atoms with Crippen LogP contribution in [-0.4, -0.2) is 61.7 Å². The van der Waals surface area contributed by atoms with E-state index in [0.717, 1.165) is 38.8 Å². The first kappa shape index (κ1) is 19.7. The fourth-order valence-corrected chi connectivity index (χ4v) is 6.49. The second kappa shape index (κ2) is 7.00. The van der Waals surface area contributed by atoms with Crippen LogP contribution in [0.2, 0.25) is 0 Å². The molecular formula is C19H25ClN4O3S. The number of sulfonamides is 1. The van der Waals surface area contributed by atoms with Gasteiger partial charge in [0.1, 0.15) is 10.9 Å². The molecule has 1 aromatic carbocycles. The lowest BCUT2D eigenvalue weighted by Gasteiger charge is -2.29. The maximum atomic E-state index is 13.3. The van der Waals surface area contributed by atoms with E-state index in [2.05, 4.69) is 4.40 Å². The van der Waals surface area contributed by atoms with Crippen molar-refractivity contribution in [2.75, 3.05) is 19.6 Å².